The first-order valence-electron chi connectivity index (χ1n) is 11.0. The zero-order valence-corrected chi connectivity index (χ0v) is 17.7. The highest BCUT2D eigenvalue weighted by Crippen LogP contribution is 2.30. The number of aromatic nitrogens is 6. The van der Waals surface area contributed by atoms with Gasteiger partial charge in [-0.25, -0.2) is 28.7 Å². The van der Waals surface area contributed by atoms with Crippen LogP contribution < -0.4 is 10.2 Å². The van der Waals surface area contributed by atoms with Crippen molar-refractivity contribution in [2.75, 3.05) is 23.3 Å². The van der Waals surface area contributed by atoms with E-state index < -0.39 is 11.6 Å². The third-order valence-corrected chi connectivity index (χ3v) is 6.46. The molecule has 8 nitrogen and oxygen atoms in total. The highest BCUT2D eigenvalue weighted by Gasteiger charge is 2.27. The molecule has 0 spiro atoms. The zero-order valence-electron chi connectivity index (χ0n) is 17.7. The van der Waals surface area contributed by atoms with Crippen LogP contribution in [0.1, 0.15) is 29.2 Å². The molecule has 2 aliphatic rings. The fraction of sp³-hybridized carbons (Fsp3) is 0.304. The van der Waals surface area contributed by atoms with Crippen LogP contribution in [0.5, 0.6) is 0 Å². The molecule has 3 aromatic heterocycles. The Labute approximate surface area is 188 Å². The fourth-order valence-electron chi connectivity index (χ4n) is 4.78. The molecule has 0 saturated carbocycles. The molecule has 0 bridgehead atoms. The van der Waals surface area contributed by atoms with Crippen molar-refractivity contribution in [3.05, 3.63) is 71.6 Å². The standard InChI is InChI=1S/C23H22F2N8/c24-17-7-14-5-16(6-15(14)8-18(17)25)30-23-27-3-1-19(31-23)22-28-10-21(32-22)33-4-2-13(11-33)20-9-26-12-29-20/h1,3,7-10,12-13,16H,2,4-6,11H2,(H,26,29)(H,28,32)(H,27,30,31). The summed E-state index contributed by atoms with van der Waals surface area (Å²) in [5.41, 5.74) is 3.47. The molecule has 1 saturated heterocycles. The summed E-state index contributed by atoms with van der Waals surface area (Å²) in [5.74, 6) is 0.885. The molecule has 6 rings (SSSR count). The number of halogens is 2. The van der Waals surface area contributed by atoms with Crippen molar-refractivity contribution in [3.63, 3.8) is 0 Å². The molecule has 1 unspecified atom stereocenters. The summed E-state index contributed by atoms with van der Waals surface area (Å²) in [6.45, 7) is 1.83. The van der Waals surface area contributed by atoms with Crippen LogP contribution in [0.3, 0.4) is 0 Å². The number of nitrogens with one attached hydrogen (secondary N) is 3. The van der Waals surface area contributed by atoms with Crippen LogP contribution in [0.15, 0.2) is 43.1 Å². The molecule has 1 fully saturated rings. The minimum Gasteiger partial charge on any atom is -0.356 e. The molecule has 1 atom stereocenters. The molecule has 1 aliphatic heterocycles. The summed E-state index contributed by atoms with van der Waals surface area (Å²) < 4.78 is 27.1. The minimum atomic E-state index is -0.810. The highest BCUT2D eigenvalue weighted by molar-refractivity contribution is 5.56. The zero-order chi connectivity index (χ0) is 22.4. The van der Waals surface area contributed by atoms with Crippen LogP contribution in [-0.2, 0) is 12.8 Å². The lowest BCUT2D eigenvalue weighted by atomic mass is 10.1. The van der Waals surface area contributed by atoms with Gasteiger partial charge in [-0.3, -0.25) is 0 Å². The third-order valence-electron chi connectivity index (χ3n) is 6.46. The number of hydrogen-bond acceptors (Lipinski definition) is 6. The van der Waals surface area contributed by atoms with Crippen LogP contribution >= 0.6 is 0 Å². The lowest BCUT2D eigenvalue weighted by molar-refractivity contribution is 0.507. The van der Waals surface area contributed by atoms with Gasteiger partial charge in [0.05, 0.1) is 12.5 Å². The fourth-order valence-corrected chi connectivity index (χ4v) is 4.78. The van der Waals surface area contributed by atoms with E-state index in [9.17, 15) is 8.78 Å². The number of rotatable bonds is 5. The monoisotopic (exact) mass is 448 g/mol. The van der Waals surface area contributed by atoms with Crippen molar-refractivity contribution in [2.45, 2.75) is 31.2 Å². The predicted octanol–water partition coefficient (Wildman–Crippen LogP) is 3.44. The van der Waals surface area contributed by atoms with Gasteiger partial charge in [0.1, 0.15) is 11.5 Å². The van der Waals surface area contributed by atoms with Gasteiger partial charge in [0.2, 0.25) is 5.95 Å². The lowest BCUT2D eigenvalue weighted by Gasteiger charge is -2.15. The number of anilines is 2. The van der Waals surface area contributed by atoms with Gasteiger partial charge in [-0.1, -0.05) is 0 Å². The van der Waals surface area contributed by atoms with Crippen molar-refractivity contribution in [1.29, 1.82) is 0 Å². The average Bonchev–Trinajstić information content (AvgIpc) is 3.59. The Kier molecular flexibility index (Phi) is 4.78. The Morgan fingerprint density at radius 3 is 2.64 bits per heavy atom. The van der Waals surface area contributed by atoms with Gasteiger partial charge in [-0.2, -0.15) is 0 Å². The minimum absolute atomic E-state index is 0.0207. The van der Waals surface area contributed by atoms with E-state index in [1.165, 1.54) is 12.1 Å². The van der Waals surface area contributed by atoms with Gasteiger partial charge in [-0.05, 0) is 48.6 Å². The summed E-state index contributed by atoms with van der Waals surface area (Å²) in [6, 6.07) is 4.35. The van der Waals surface area contributed by atoms with Crippen molar-refractivity contribution in [1.82, 2.24) is 29.9 Å². The molecule has 33 heavy (non-hydrogen) atoms. The first kappa shape index (κ1) is 19.8. The number of H-pyrrole nitrogens is 2. The van der Waals surface area contributed by atoms with Gasteiger partial charge in [0.15, 0.2) is 17.5 Å². The van der Waals surface area contributed by atoms with Gasteiger partial charge in [-0.15, -0.1) is 0 Å². The predicted molar refractivity (Wildman–Crippen MR) is 119 cm³/mol. The summed E-state index contributed by atoms with van der Waals surface area (Å²) in [5, 5.41) is 3.29. The van der Waals surface area contributed by atoms with E-state index in [0.717, 1.165) is 42.1 Å². The van der Waals surface area contributed by atoms with Crippen LogP contribution in [0.25, 0.3) is 11.5 Å². The van der Waals surface area contributed by atoms with Gasteiger partial charge >= 0.3 is 0 Å². The SMILES string of the molecule is Fc1cc2c(cc1F)CC(Nc1nccc(-c3ncc(N4CCC(c5cnc[nH]5)C4)[nH]3)n1)C2. The number of aromatic amines is 2. The van der Waals surface area contributed by atoms with Crippen molar-refractivity contribution >= 4 is 11.8 Å². The van der Waals surface area contributed by atoms with Crippen LogP contribution in [0.4, 0.5) is 20.5 Å². The first-order valence-corrected chi connectivity index (χ1v) is 11.0. The van der Waals surface area contributed by atoms with Crippen molar-refractivity contribution < 1.29 is 8.78 Å². The Hall–Kier alpha value is -3.82. The largest absolute Gasteiger partial charge is 0.356 e. The van der Waals surface area contributed by atoms with Gasteiger partial charge in [0, 0.05) is 43.1 Å². The molecule has 4 aromatic rings. The molecule has 0 amide bonds. The molecule has 3 N–H and O–H groups in total. The van der Waals surface area contributed by atoms with E-state index in [0.29, 0.717) is 36.2 Å². The molecule has 168 valence electrons. The maximum absolute atomic E-state index is 13.5. The maximum atomic E-state index is 13.5. The third kappa shape index (κ3) is 3.81. The molecular formula is C23H22F2N8. The van der Waals surface area contributed by atoms with E-state index in [1.54, 1.807) is 18.6 Å². The first-order chi connectivity index (χ1) is 16.1. The second-order valence-electron chi connectivity index (χ2n) is 8.61. The molecule has 4 heterocycles. The number of nitrogens with zero attached hydrogens (tertiary/aromatic N) is 5. The normalized spacial score (nSPS) is 18.1. The summed E-state index contributed by atoms with van der Waals surface area (Å²) >= 11 is 0. The number of imidazole rings is 2. The Balaban J connectivity index is 1.14. The van der Waals surface area contributed by atoms with E-state index in [1.807, 2.05) is 12.4 Å². The molecule has 1 aliphatic carbocycles. The topological polar surface area (TPSA) is 98.4 Å². The summed E-state index contributed by atoms with van der Waals surface area (Å²) in [6.07, 6.45) is 9.35. The van der Waals surface area contributed by atoms with Crippen LogP contribution in [-0.4, -0.2) is 49.0 Å². The molecule has 0 radical (unpaired) electrons. The second-order valence-corrected chi connectivity index (χ2v) is 8.61. The van der Waals surface area contributed by atoms with Crippen LogP contribution in [0.2, 0.25) is 0 Å². The maximum Gasteiger partial charge on any atom is 0.223 e. The van der Waals surface area contributed by atoms with Crippen molar-refractivity contribution in [2.24, 2.45) is 0 Å². The Morgan fingerprint density at radius 1 is 1.06 bits per heavy atom. The average molecular weight is 448 g/mol. The van der Waals surface area contributed by atoms with E-state index in [4.69, 9.17) is 0 Å². The number of benzene rings is 1. The quantitative estimate of drug-likeness (QED) is 0.433. The summed E-state index contributed by atoms with van der Waals surface area (Å²) in [7, 11) is 0. The smallest absolute Gasteiger partial charge is 0.223 e. The lowest BCUT2D eigenvalue weighted by Crippen LogP contribution is -2.21. The van der Waals surface area contributed by atoms with Gasteiger partial charge < -0.3 is 20.2 Å². The van der Waals surface area contributed by atoms with E-state index in [-0.39, 0.29) is 6.04 Å². The number of fused-ring (bicyclic) bond motifs is 1. The molecular weight excluding hydrogens is 426 g/mol. The number of hydrogen-bond donors (Lipinski definition) is 3. The second kappa shape index (κ2) is 7.95. The Bertz CT molecular complexity index is 1250. The molecule has 1 aromatic carbocycles. The highest BCUT2D eigenvalue weighted by atomic mass is 19.2. The van der Waals surface area contributed by atoms with E-state index >= 15 is 0 Å². The van der Waals surface area contributed by atoms with Crippen LogP contribution in [0, 0.1) is 11.6 Å². The molecule has 10 heteroatoms. The van der Waals surface area contributed by atoms with Crippen molar-refractivity contribution in [3.8, 4) is 11.5 Å². The van der Waals surface area contributed by atoms with E-state index in [2.05, 4.69) is 40.1 Å². The van der Waals surface area contributed by atoms with Gasteiger partial charge in [0.25, 0.3) is 0 Å². The Morgan fingerprint density at radius 2 is 1.88 bits per heavy atom. The summed E-state index contributed by atoms with van der Waals surface area (Å²) in [4.78, 5) is 26.4.